The molecule has 0 N–H and O–H groups in total. The van der Waals surface area contributed by atoms with Crippen molar-refractivity contribution in [3.8, 4) is 6.07 Å². The summed E-state index contributed by atoms with van der Waals surface area (Å²) >= 11 is 0. The number of carbonyl (C=O) groups excluding carboxylic acids is 3. The molecule has 3 amide bonds. The van der Waals surface area contributed by atoms with Crippen LogP contribution in [0.4, 0.5) is 0 Å². The molecule has 3 aliphatic rings. The van der Waals surface area contributed by atoms with Crippen molar-refractivity contribution in [2.45, 2.75) is 44.2 Å². The molecule has 1 saturated heterocycles. The van der Waals surface area contributed by atoms with Gasteiger partial charge in [-0.25, -0.2) is 0 Å². The first-order valence-corrected chi connectivity index (χ1v) is 12.1. The smallest absolute Gasteiger partial charge is 0.261 e. The van der Waals surface area contributed by atoms with Crippen molar-refractivity contribution in [3.05, 3.63) is 70.8 Å². The van der Waals surface area contributed by atoms with Crippen LogP contribution in [-0.4, -0.2) is 64.6 Å². The number of rotatable bonds is 4. The van der Waals surface area contributed by atoms with E-state index >= 15 is 0 Å². The topological polar surface area (TPSA) is 84.7 Å². The molecule has 2 aliphatic heterocycles. The van der Waals surface area contributed by atoms with Gasteiger partial charge < -0.3 is 4.90 Å². The van der Waals surface area contributed by atoms with Crippen LogP contribution in [0.5, 0.6) is 0 Å². The van der Waals surface area contributed by atoms with Crippen LogP contribution < -0.4 is 0 Å². The van der Waals surface area contributed by atoms with Crippen molar-refractivity contribution in [1.29, 1.82) is 5.26 Å². The Bertz CT molecular complexity index is 1140. The summed E-state index contributed by atoms with van der Waals surface area (Å²) in [4.78, 5) is 44.5. The predicted molar refractivity (Wildman–Crippen MR) is 126 cm³/mol. The second kappa shape index (κ2) is 9.40. The number of nitriles is 1. The van der Waals surface area contributed by atoms with E-state index in [1.165, 1.54) is 4.90 Å². The molecule has 0 bridgehead atoms. The molecule has 1 saturated carbocycles. The zero-order valence-electron chi connectivity index (χ0n) is 19.2. The van der Waals surface area contributed by atoms with Crippen molar-refractivity contribution < 1.29 is 14.4 Å². The molecule has 2 aromatic rings. The number of imide groups is 1. The molecule has 7 nitrogen and oxygen atoms in total. The molecule has 2 aromatic carbocycles. The molecule has 1 aliphatic carbocycles. The Morgan fingerprint density at radius 3 is 2.24 bits per heavy atom. The predicted octanol–water partition coefficient (Wildman–Crippen LogP) is 3.64. The number of benzene rings is 2. The summed E-state index contributed by atoms with van der Waals surface area (Å²) in [7, 11) is 0. The van der Waals surface area contributed by atoms with Gasteiger partial charge in [0.1, 0.15) is 6.04 Å². The summed E-state index contributed by atoms with van der Waals surface area (Å²) in [6.07, 6.45) is 4.92. The minimum Gasteiger partial charge on any atom is -0.336 e. The van der Waals surface area contributed by atoms with Gasteiger partial charge in [-0.1, -0.05) is 49.6 Å². The highest BCUT2D eigenvalue weighted by Crippen LogP contribution is 2.32. The first-order valence-electron chi connectivity index (χ1n) is 12.1. The monoisotopic (exact) mass is 456 g/mol. The molecule has 7 heteroatoms. The van der Waals surface area contributed by atoms with E-state index in [0.29, 0.717) is 42.9 Å². The Kier molecular flexibility index (Phi) is 6.16. The van der Waals surface area contributed by atoms with Crippen LogP contribution in [0.15, 0.2) is 48.5 Å². The van der Waals surface area contributed by atoms with Crippen LogP contribution >= 0.6 is 0 Å². The maximum Gasteiger partial charge on any atom is 0.261 e. The summed E-state index contributed by atoms with van der Waals surface area (Å²) in [5.41, 5.74) is 2.12. The van der Waals surface area contributed by atoms with Gasteiger partial charge in [-0.3, -0.25) is 24.2 Å². The normalized spacial score (nSPS) is 20.2. The van der Waals surface area contributed by atoms with Crippen molar-refractivity contribution in [3.63, 3.8) is 0 Å². The summed E-state index contributed by atoms with van der Waals surface area (Å²) < 4.78 is 0. The van der Waals surface area contributed by atoms with Gasteiger partial charge in [0.05, 0.1) is 17.2 Å². The Morgan fingerprint density at radius 2 is 1.56 bits per heavy atom. The number of amides is 3. The van der Waals surface area contributed by atoms with E-state index in [2.05, 4.69) is 11.0 Å². The Hall–Kier alpha value is -3.50. The third-order valence-electron chi connectivity index (χ3n) is 7.31. The van der Waals surface area contributed by atoms with Crippen LogP contribution in [0.2, 0.25) is 0 Å². The van der Waals surface area contributed by atoms with Crippen LogP contribution in [0, 0.1) is 11.3 Å². The van der Waals surface area contributed by atoms with Crippen LogP contribution in [0.3, 0.4) is 0 Å². The Labute approximate surface area is 199 Å². The number of fused-ring (bicyclic) bond motifs is 1. The van der Waals surface area contributed by atoms with Gasteiger partial charge in [-0.05, 0) is 36.6 Å². The molecule has 1 atom stereocenters. The minimum absolute atomic E-state index is 0.0360. The molecule has 34 heavy (non-hydrogen) atoms. The average molecular weight is 457 g/mol. The maximum absolute atomic E-state index is 13.2. The van der Waals surface area contributed by atoms with E-state index in [4.69, 9.17) is 0 Å². The van der Waals surface area contributed by atoms with Gasteiger partial charge in [-0.2, -0.15) is 5.26 Å². The number of carbonyl (C=O) groups is 3. The zero-order chi connectivity index (χ0) is 23.7. The van der Waals surface area contributed by atoms with E-state index in [1.807, 2.05) is 30.3 Å². The third-order valence-corrected chi connectivity index (χ3v) is 7.31. The number of hydrogen-bond donors (Lipinski definition) is 0. The lowest BCUT2D eigenvalue weighted by molar-refractivity contribution is 0.0548. The van der Waals surface area contributed by atoms with Gasteiger partial charge in [0.25, 0.3) is 17.7 Å². The summed E-state index contributed by atoms with van der Waals surface area (Å²) in [6, 6.07) is 16.6. The van der Waals surface area contributed by atoms with E-state index < -0.39 is 0 Å². The molecule has 1 unspecified atom stereocenters. The summed E-state index contributed by atoms with van der Waals surface area (Å²) in [6.45, 7) is 2.19. The lowest BCUT2D eigenvalue weighted by Crippen LogP contribution is -2.49. The van der Waals surface area contributed by atoms with Crippen LogP contribution in [-0.2, 0) is 0 Å². The molecule has 0 radical (unpaired) electrons. The van der Waals surface area contributed by atoms with Gasteiger partial charge in [-0.15, -0.1) is 0 Å². The van der Waals surface area contributed by atoms with Gasteiger partial charge in [0.2, 0.25) is 0 Å². The molecule has 0 aromatic heterocycles. The van der Waals surface area contributed by atoms with Gasteiger partial charge in [0, 0.05) is 37.8 Å². The fourth-order valence-electron chi connectivity index (χ4n) is 5.43. The van der Waals surface area contributed by atoms with Crippen molar-refractivity contribution in [2.24, 2.45) is 0 Å². The SMILES string of the molecule is N#CC(c1ccccc1)N1CCN(C(=O)c2ccc3c(c2)C(=O)N(C2CCCCC2)C3=O)CC1. The molecule has 2 fully saturated rings. The highest BCUT2D eigenvalue weighted by atomic mass is 16.2. The lowest BCUT2D eigenvalue weighted by Gasteiger charge is -2.37. The molecule has 2 heterocycles. The zero-order valence-corrected chi connectivity index (χ0v) is 19.2. The third kappa shape index (κ3) is 3.99. The largest absolute Gasteiger partial charge is 0.336 e. The van der Waals surface area contributed by atoms with Gasteiger partial charge >= 0.3 is 0 Å². The lowest BCUT2D eigenvalue weighted by atomic mass is 9.94. The summed E-state index contributed by atoms with van der Waals surface area (Å²) in [5, 5.41) is 9.70. The quantitative estimate of drug-likeness (QED) is 0.656. The van der Waals surface area contributed by atoms with Gasteiger partial charge in [0.15, 0.2) is 0 Å². The van der Waals surface area contributed by atoms with E-state index in [9.17, 15) is 19.6 Å². The minimum atomic E-state index is -0.340. The fraction of sp³-hybridized carbons (Fsp3) is 0.407. The van der Waals surface area contributed by atoms with Crippen molar-refractivity contribution in [1.82, 2.24) is 14.7 Å². The molecule has 5 rings (SSSR count). The van der Waals surface area contributed by atoms with Crippen LogP contribution in [0.1, 0.15) is 74.8 Å². The number of piperazine rings is 1. The van der Waals surface area contributed by atoms with E-state index in [-0.39, 0.29) is 29.8 Å². The van der Waals surface area contributed by atoms with Crippen LogP contribution in [0.25, 0.3) is 0 Å². The first kappa shape index (κ1) is 22.3. The highest BCUT2D eigenvalue weighted by molar-refractivity contribution is 6.22. The summed E-state index contributed by atoms with van der Waals surface area (Å²) in [5.74, 6) is -0.652. The average Bonchev–Trinajstić information content (AvgIpc) is 3.14. The maximum atomic E-state index is 13.2. The molecule has 0 spiro atoms. The van der Waals surface area contributed by atoms with Crippen molar-refractivity contribution >= 4 is 17.7 Å². The number of hydrogen-bond acceptors (Lipinski definition) is 5. The number of nitrogens with zero attached hydrogens (tertiary/aromatic N) is 4. The Balaban J connectivity index is 1.27. The Morgan fingerprint density at radius 1 is 0.882 bits per heavy atom. The first-order chi connectivity index (χ1) is 16.6. The second-order valence-corrected chi connectivity index (χ2v) is 9.30. The highest BCUT2D eigenvalue weighted by Gasteiger charge is 2.40. The van der Waals surface area contributed by atoms with Crippen molar-refractivity contribution in [2.75, 3.05) is 26.2 Å². The molecule has 174 valence electrons. The fourth-order valence-corrected chi connectivity index (χ4v) is 5.43. The second-order valence-electron chi connectivity index (χ2n) is 9.30. The molecular weight excluding hydrogens is 428 g/mol. The van der Waals surface area contributed by atoms with E-state index in [1.54, 1.807) is 23.1 Å². The molecular formula is C27H28N4O3. The standard InChI is InChI=1S/C27H28N4O3/c28-18-24(19-7-3-1-4-8-19)29-13-15-30(16-14-29)25(32)20-11-12-22-23(17-20)27(34)31(26(22)33)21-9-5-2-6-10-21/h1,3-4,7-8,11-12,17,21,24H,2,5-6,9-10,13-16H2. The van der Waals surface area contributed by atoms with E-state index in [0.717, 1.165) is 37.7 Å².